The molecular weight excluding hydrogens is 246 g/mol. The second kappa shape index (κ2) is 4.86. The van der Waals surface area contributed by atoms with E-state index < -0.39 is 0 Å². The molecule has 0 saturated carbocycles. The van der Waals surface area contributed by atoms with Crippen molar-refractivity contribution in [2.24, 2.45) is 0 Å². The maximum absolute atomic E-state index is 5.91. The zero-order chi connectivity index (χ0) is 14.3. The molecule has 2 aromatic rings. The summed E-state index contributed by atoms with van der Waals surface area (Å²) in [5.74, 6) is 0.952. The van der Waals surface area contributed by atoms with Crippen LogP contribution in [0.25, 0.3) is 0 Å². The van der Waals surface area contributed by atoms with Crippen LogP contribution in [0.1, 0.15) is 33.9 Å². The Kier molecular flexibility index (Phi) is 3.17. The molecule has 2 aromatic carbocycles. The van der Waals surface area contributed by atoms with E-state index in [1.807, 2.05) is 6.07 Å². The van der Waals surface area contributed by atoms with Crippen LogP contribution in [0, 0.1) is 27.7 Å². The van der Waals surface area contributed by atoms with Crippen molar-refractivity contribution in [3.8, 4) is 5.75 Å². The highest BCUT2D eigenvalue weighted by atomic mass is 16.5. The first-order valence-corrected chi connectivity index (χ1v) is 7.13. The molecule has 0 amide bonds. The third-order valence-electron chi connectivity index (χ3n) is 4.35. The van der Waals surface area contributed by atoms with Crippen molar-refractivity contribution in [3.63, 3.8) is 0 Å². The van der Waals surface area contributed by atoms with Gasteiger partial charge >= 0.3 is 0 Å². The molecule has 0 fully saturated rings. The normalized spacial score (nSPS) is 17.1. The molecule has 1 heterocycles. The van der Waals surface area contributed by atoms with Crippen LogP contribution < -0.4 is 10.1 Å². The largest absolute Gasteiger partial charge is 0.489 e. The molecule has 20 heavy (non-hydrogen) atoms. The van der Waals surface area contributed by atoms with Gasteiger partial charge in [-0.2, -0.15) is 0 Å². The van der Waals surface area contributed by atoms with Gasteiger partial charge < -0.3 is 10.1 Å². The molecular formula is C18H21NO. The van der Waals surface area contributed by atoms with Crippen molar-refractivity contribution in [2.75, 3.05) is 11.9 Å². The molecule has 2 heteroatoms. The molecule has 3 rings (SSSR count). The summed E-state index contributed by atoms with van der Waals surface area (Å²) in [4.78, 5) is 0. The summed E-state index contributed by atoms with van der Waals surface area (Å²) in [6.45, 7) is 9.34. The molecule has 0 bridgehead atoms. The standard InChI is InChI=1S/C18H21NO/c1-11-5-8-18-16(9-11)19-17(10-20-18)15-7-6-12(2)13(3)14(15)4/h5-9,17,19H,10H2,1-4H3. The molecule has 0 aliphatic carbocycles. The number of ether oxygens (including phenoxy) is 1. The Morgan fingerprint density at radius 2 is 1.80 bits per heavy atom. The summed E-state index contributed by atoms with van der Waals surface area (Å²) in [7, 11) is 0. The van der Waals surface area contributed by atoms with Crippen molar-refractivity contribution >= 4 is 5.69 Å². The molecule has 2 nitrogen and oxygen atoms in total. The van der Waals surface area contributed by atoms with Gasteiger partial charge in [0.1, 0.15) is 12.4 Å². The van der Waals surface area contributed by atoms with E-state index in [9.17, 15) is 0 Å². The van der Waals surface area contributed by atoms with Crippen LogP contribution >= 0.6 is 0 Å². The number of aryl methyl sites for hydroxylation is 2. The number of hydrogen-bond donors (Lipinski definition) is 1. The third kappa shape index (κ3) is 2.15. The number of anilines is 1. The van der Waals surface area contributed by atoms with Crippen molar-refractivity contribution < 1.29 is 4.74 Å². The van der Waals surface area contributed by atoms with E-state index in [1.54, 1.807) is 0 Å². The van der Waals surface area contributed by atoms with Crippen LogP contribution in [0.15, 0.2) is 30.3 Å². The number of benzene rings is 2. The summed E-state index contributed by atoms with van der Waals surface area (Å²) in [6.07, 6.45) is 0. The molecule has 104 valence electrons. The molecule has 1 aliphatic heterocycles. The van der Waals surface area contributed by atoms with Gasteiger partial charge in [0.2, 0.25) is 0 Å². The Bertz CT molecular complexity index is 661. The van der Waals surface area contributed by atoms with Gasteiger partial charge in [0.15, 0.2) is 0 Å². The minimum absolute atomic E-state index is 0.226. The quantitative estimate of drug-likeness (QED) is 0.823. The van der Waals surface area contributed by atoms with E-state index in [4.69, 9.17) is 4.74 Å². The molecule has 0 spiro atoms. The van der Waals surface area contributed by atoms with E-state index in [1.165, 1.54) is 27.8 Å². The Morgan fingerprint density at radius 3 is 2.60 bits per heavy atom. The second-order valence-corrected chi connectivity index (χ2v) is 5.73. The van der Waals surface area contributed by atoms with Gasteiger partial charge in [-0.25, -0.2) is 0 Å². The maximum atomic E-state index is 5.91. The Hall–Kier alpha value is -1.96. The van der Waals surface area contributed by atoms with Crippen LogP contribution in [0.3, 0.4) is 0 Å². The summed E-state index contributed by atoms with van der Waals surface area (Å²) in [5, 5.41) is 3.62. The van der Waals surface area contributed by atoms with E-state index in [2.05, 4.69) is 57.3 Å². The van der Waals surface area contributed by atoms with Gasteiger partial charge in [-0.05, 0) is 67.6 Å². The van der Waals surface area contributed by atoms with Crippen molar-refractivity contribution in [1.82, 2.24) is 0 Å². The van der Waals surface area contributed by atoms with Crippen molar-refractivity contribution in [2.45, 2.75) is 33.7 Å². The summed E-state index contributed by atoms with van der Waals surface area (Å²) < 4.78 is 5.91. The van der Waals surface area contributed by atoms with Crippen molar-refractivity contribution in [1.29, 1.82) is 0 Å². The van der Waals surface area contributed by atoms with Gasteiger partial charge in [-0.15, -0.1) is 0 Å². The molecule has 0 radical (unpaired) electrons. The number of nitrogens with one attached hydrogen (secondary N) is 1. The smallest absolute Gasteiger partial charge is 0.142 e. The minimum Gasteiger partial charge on any atom is -0.489 e. The zero-order valence-electron chi connectivity index (χ0n) is 12.6. The fraction of sp³-hybridized carbons (Fsp3) is 0.333. The SMILES string of the molecule is Cc1ccc2c(c1)NC(c1ccc(C)c(C)c1C)CO2. The van der Waals surface area contributed by atoms with Crippen LogP contribution in [0.2, 0.25) is 0 Å². The Labute approximate surface area is 120 Å². The van der Waals surface area contributed by atoms with Gasteiger partial charge in [0.05, 0.1) is 11.7 Å². The van der Waals surface area contributed by atoms with Crippen molar-refractivity contribution in [3.05, 3.63) is 58.1 Å². The van der Waals surface area contributed by atoms with Gasteiger partial charge in [-0.3, -0.25) is 0 Å². The summed E-state index contributed by atoms with van der Waals surface area (Å²) in [6, 6.07) is 10.9. The van der Waals surface area contributed by atoms with E-state index in [0.29, 0.717) is 6.61 Å². The van der Waals surface area contributed by atoms with E-state index in [-0.39, 0.29) is 6.04 Å². The predicted octanol–water partition coefficient (Wildman–Crippen LogP) is 4.47. The molecule has 0 aromatic heterocycles. The third-order valence-corrected chi connectivity index (χ3v) is 4.35. The minimum atomic E-state index is 0.226. The Balaban J connectivity index is 1.96. The van der Waals surface area contributed by atoms with Crippen LogP contribution in [0.5, 0.6) is 5.75 Å². The highest BCUT2D eigenvalue weighted by molar-refractivity contribution is 5.61. The highest BCUT2D eigenvalue weighted by Crippen LogP contribution is 2.35. The fourth-order valence-corrected chi connectivity index (χ4v) is 2.81. The lowest BCUT2D eigenvalue weighted by atomic mass is 9.94. The molecule has 1 unspecified atom stereocenters. The number of fused-ring (bicyclic) bond motifs is 1. The average Bonchev–Trinajstić information content (AvgIpc) is 2.44. The van der Waals surface area contributed by atoms with E-state index >= 15 is 0 Å². The number of hydrogen-bond acceptors (Lipinski definition) is 2. The van der Waals surface area contributed by atoms with Gasteiger partial charge in [0.25, 0.3) is 0 Å². The van der Waals surface area contributed by atoms with Gasteiger partial charge in [-0.1, -0.05) is 18.2 Å². The van der Waals surface area contributed by atoms with E-state index in [0.717, 1.165) is 11.4 Å². The lowest BCUT2D eigenvalue weighted by molar-refractivity contribution is 0.286. The molecule has 1 N–H and O–H groups in total. The molecule has 0 saturated heterocycles. The lowest BCUT2D eigenvalue weighted by Crippen LogP contribution is -2.25. The predicted molar refractivity (Wildman–Crippen MR) is 83.7 cm³/mol. The average molecular weight is 267 g/mol. The molecule has 1 aliphatic rings. The zero-order valence-corrected chi connectivity index (χ0v) is 12.6. The summed E-state index contributed by atoms with van der Waals surface area (Å²) >= 11 is 0. The first-order valence-electron chi connectivity index (χ1n) is 7.13. The summed E-state index contributed by atoms with van der Waals surface area (Å²) in [5.41, 5.74) is 7.76. The molecule has 1 atom stereocenters. The fourth-order valence-electron chi connectivity index (χ4n) is 2.81. The monoisotopic (exact) mass is 267 g/mol. The number of rotatable bonds is 1. The highest BCUT2D eigenvalue weighted by Gasteiger charge is 2.22. The first kappa shape index (κ1) is 13.0. The Morgan fingerprint density at radius 1 is 1.00 bits per heavy atom. The van der Waals surface area contributed by atoms with Gasteiger partial charge in [0, 0.05) is 0 Å². The first-order chi connectivity index (χ1) is 9.56. The van der Waals surface area contributed by atoms with Crippen LogP contribution in [-0.4, -0.2) is 6.61 Å². The maximum Gasteiger partial charge on any atom is 0.142 e. The van der Waals surface area contributed by atoms with Crippen LogP contribution in [0.4, 0.5) is 5.69 Å². The van der Waals surface area contributed by atoms with Crippen LogP contribution in [-0.2, 0) is 0 Å². The topological polar surface area (TPSA) is 21.3 Å². The second-order valence-electron chi connectivity index (χ2n) is 5.73. The lowest BCUT2D eigenvalue weighted by Gasteiger charge is -2.29.